The SMILES string of the molecule is CCCN(CC)c1ccc(C(=O)N2C3CCNCC2CC3)cc1. The number of hydrogen-bond donors (Lipinski definition) is 1. The molecule has 0 saturated carbocycles. The maximum absolute atomic E-state index is 13.0. The highest BCUT2D eigenvalue weighted by atomic mass is 16.2. The molecule has 1 N–H and O–H groups in total. The van der Waals surface area contributed by atoms with Crippen molar-refractivity contribution >= 4 is 11.6 Å². The Labute approximate surface area is 139 Å². The standard InChI is InChI=1S/C19H29N3O/c1-3-13-21(4-2)16-7-5-15(6-8-16)19(23)22-17-9-10-18(22)14-20-12-11-17/h5-8,17-18,20H,3-4,9-14H2,1-2H3. The van der Waals surface area contributed by atoms with Crippen LogP contribution in [0.15, 0.2) is 24.3 Å². The minimum absolute atomic E-state index is 0.214. The van der Waals surface area contributed by atoms with Gasteiger partial charge in [-0.3, -0.25) is 4.79 Å². The van der Waals surface area contributed by atoms with Gasteiger partial charge in [0.25, 0.3) is 5.91 Å². The van der Waals surface area contributed by atoms with Crippen molar-refractivity contribution in [1.82, 2.24) is 10.2 Å². The third-order valence-corrected chi connectivity index (χ3v) is 5.24. The molecule has 2 saturated heterocycles. The smallest absolute Gasteiger partial charge is 0.254 e. The van der Waals surface area contributed by atoms with Crippen LogP contribution in [0, 0.1) is 0 Å². The number of carbonyl (C=O) groups is 1. The lowest BCUT2D eigenvalue weighted by Gasteiger charge is -2.28. The van der Waals surface area contributed by atoms with Crippen LogP contribution in [0.3, 0.4) is 0 Å². The van der Waals surface area contributed by atoms with Gasteiger partial charge in [0.05, 0.1) is 0 Å². The van der Waals surface area contributed by atoms with Crippen molar-refractivity contribution in [2.75, 3.05) is 31.1 Å². The van der Waals surface area contributed by atoms with Crippen LogP contribution in [0.1, 0.15) is 49.9 Å². The summed E-state index contributed by atoms with van der Waals surface area (Å²) in [7, 11) is 0. The minimum Gasteiger partial charge on any atom is -0.372 e. The summed E-state index contributed by atoms with van der Waals surface area (Å²) >= 11 is 0. The van der Waals surface area contributed by atoms with Crippen LogP contribution in [-0.4, -0.2) is 49.1 Å². The molecule has 0 spiro atoms. The Bertz CT molecular complexity index is 514. The second-order valence-corrected chi connectivity index (χ2v) is 6.72. The first-order chi connectivity index (χ1) is 11.2. The molecule has 23 heavy (non-hydrogen) atoms. The summed E-state index contributed by atoms with van der Waals surface area (Å²) in [6.07, 6.45) is 4.52. The summed E-state index contributed by atoms with van der Waals surface area (Å²) in [5, 5.41) is 3.46. The Balaban J connectivity index is 1.75. The predicted octanol–water partition coefficient (Wildman–Crippen LogP) is 2.89. The molecule has 1 aromatic carbocycles. The molecule has 0 aliphatic carbocycles. The first-order valence-electron chi connectivity index (χ1n) is 9.13. The predicted molar refractivity (Wildman–Crippen MR) is 95.1 cm³/mol. The van der Waals surface area contributed by atoms with E-state index in [4.69, 9.17) is 0 Å². The molecule has 2 heterocycles. The van der Waals surface area contributed by atoms with Gasteiger partial charge >= 0.3 is 0 Å². The van der Waals surface area contributed by atoms with E-state index in [9.17, 15) is 4.79 Å². The zero-order chi connectivity index (χ0) is 16.2. The average Bonchev–Trinajstić information content (AvgIpc) is 2.85. The van der Waals surface area contributed by atoms with Crippen molar-refractivity contribution in [2.24, 2.45) is 0 Å². The van der Waals surface area contributed by atoms with Gasteiger partial charge in [-0.2, -0.15) is 0 Å². The Morgan fingerprint density at radius 1 is 1.17 bits per heavy atom. The molecule has 1 aromatic rings. The summed E-state index contributed by atoms with van der Waals surface area (Å²) in [5.41, 5.74) is 2.05. The first kappa shape index (κ1) is 16.3. The fourth-order valence-electron chi connectivity index (χ4n) is 4.02. The second-order valence-electron chi connectivity index (χ2n) is 6.72. The van der Waals surface area contributed by atoms with E-state index in [2.05, 4.69) is 41.1 Å². The summed E-state index contributed by atoms with van der Waals surface area (Å²) in [5.74, 6) is 0.214. The van der Waals surface area contributed by atoms with E-state index in [0.717, 1.165) is 57.4 Å². The molecule has 1 amide bonds. The highest BCUT2D eigenvalue weighted by Crippen LogP contribution is 2.30. The highest BCUT2D eigenvalue weighted by Gasteiger charge is 2.38. The first-order valence-corrected chi connectivity index (χ1v) is 9.13. The molecule has 2 aliphatic heterocycles. The van der Waals surface area contributed by atoms with E-state index < -0.39 is 0 Å². The van der Waals surface area contributed by atoms with Crippen molar-refractivity contribution in [2.45, 2.75) is 51.6 Å². The van der Waals surface area contributed by atoms with E-state index in [-0.39, 0.29) is 5.91 Å². The summed E-state index contributed by atoms with van der Waals surface area (Å²) in [4.78, 5) is 17.5. The number of carbonyl (C=O) groups excluding carboxylic acids is 1. The van der Waals surface area contributed by atoms with Gasteiger partial charge in [-0.25, -0.2) is 0 Å². The van der Waals surface area contributed by atoms with Gasteiger partial charge in [0.2, 0.25) is 0 Å². The number of anilines is 1. The Hall–Kier alpha value is -1.55. The number of amides is 1. The number of nitrogens with one attached hydrogen (secondary N) is 1. The van der Waals surface area contributed by atoms with E-state index in [1.54, 1.807) is 0 Å². The van der Waals surface area contributed by atoms with Gasteiger partial charge in [-0.1, -0.05) is 6.92 Å². The van der Waals surface area contributed by atoms with Crippen molar-refractivity contribution in [1.29, 1.82) is 0 Å². The van der Waals surface area contributed by atoms with Crippen LogP contribution >= 0.6 is 0 Å². The summed E-state index contributed by atoms with van der Waals surface area (Å²) < 4.78 is 0. The number of benzene rings is 1. The van der Waals surface area contributed by atoms with E-state index in [1.165, 1.54) is 5.69 Å². The molecule has 2 atom stereocenters. The second kappa shape index (κ2) is 7.35. The molecular weight excluding hydrogens is 286 g/mol. The molecule has 3 rings (SSSR count). The maximum Gasteiger partial charge on any atom is 0.254 e. The third-order valence-electron chi connectivity index (χ3n) is 5.24. The van der Waals surface area contributed by atoms with Crippen LogP contribution in [0.25, 0.3) is 0 Å². The zero-order valence-electron chi connectivity index (χ0n) is 14.4. The number of fused-ring (bicyclic) bond motifs is 2. The van der Waals surface area contributed by atoms with Gasteiger partial charge < -0.3 is 15.1 Å². The molecule has 0 aromatic heterocycles. The molecule has 0 radical (unpaired) electrons. The average molecular weight is 315 g/mol. The molecule has 4 nitrogen and oxygen atoms in total. The van der Waals surface area contributed by atoms with Crippen LogP contribution < -0.4 is 10.2 Å². The quantitative estimate of drug-likeness (QED) is 0.907. The van der Waals surface area contributed by atoms with Gasteiger partial charge in [-0.15, -0.1) is 0 Å². The van der Waals surface area contributed by atoms with Crippen molar-refractivity contribution in [3.05, 3.63) is 29.8 Å². The Morgan fingerprint density at radius 3 is 2.61 bits per heavy atom. The largest absolute Gasteiger partial charge is 0.372 e. The van der Waals surface area contributed by atoms with Crippen molar-refractivity contribution in [3.8, 4) is 0 Å². The van der Waals surface area contributed by atoms with E-state index in [1.807, 2.05) is 12.1 Å². The van der Waals surface area contributed by atoms with Crippen LogP contribution in [0.2, 0.25) is 0 Å². The summed E-state index contributed by atoms with van der Waals surface area (Å²) in [6, 6.07) is 9.02. The lowest BCUT2D eigenvalue weighted by Crippen LogP contribution is -2.42. The normalized spacial score (nSPS) is 23.7. The van der Waals surface area contributed by atoms with Crippen LogP contribution in [-0.2, 0) is 0 Å². The van der Waals surface area contributed by atoms with Crippen LogP contribution in [0.5, 0.6) is 0 Å². The molecule has 2 bridgehead atoms. The van der Waals surface area contributed by atoms with Crippen molar-refractivity contribution in [3.63, 3.8) is 0 Å². The maximum atomic E-state index is 13.0. The molecule has 2 aliphatic rings. The lowest BCUT2D eigenvalue weighted by molar-refractivity contribution is 0.0680. The monoisotopic (exact) mass is 315 g/mol. The Kier molecular flexibility index (Phi) is 5.21. The van der Waals surface area contributed by atoms with E-state index >= 15 is 0 Å². The number of rotatable bonds is 5. The molecule has 126 valence electrons. The van der Waals surface area contributed by atoms with Crippen molar-refractivity contribution < 1.29 is 4.79 Å². The Morgan fingerprint density at radius 2 is 1.91 bits per heavy atom. The lowest BCUT2D eigenvalue weighted by atomic mass is 10.1. The fourth-order valence-corrected chi connectivity index (χ4v) is 4.02. The van der Waals surface area contributed by atoms with Gasteiger partial charge in [0.15, 0.2) is 0 Å². The molecule has 4 heteroatoms. The summed E-state index contributed by atoms with van der Waals surface area (Å²) in [6.45, 7) is 8.42. The molecular formula is C19H29N3O. The van der Waals surface area contributed by atoms with Gasteiger partial charge in [-0.05, 0) is 63.4 Å². The third kappa shape index (κ3) is 3.37. The van der Waals surface area contributed by atoms with Crippen LogP contribution in [0.4, 0.5) is 5.69 Å². The van der Waals surface area contributed by atoms with Gasteiger partial charge in [0.1, 0.15) is 0 Å². The van der Waals surface area contributed by atoms with E-state index in [0.29, 0.717) is 12.1 Å². The zero-order valence-corrected chi connectivity index (χ0v) is 14.4. The van der Waals surface area contributed by atoms with Gasteiger partial charge in [0, 0.05) is 43.0 Å². The topological polar surface area (TPSA) is 35.6 Å². The number of nitrogens with zero attached hydrogens (tertiary/aromatic N) is 2. The fraction of sp³-hybridized carbons (Fsp3) is 0.632. The molecule has 2 fully saturated rings. The minimum atomic E-state index is 0.214. The molecule has 2 unspecified atom stereocenters. The highest BCUT2D eigenvalue weighted by molar-refractivity contribution is 5.95. The number of hydrogen-bond acceptors (Lipinski definition) is 3.